The lowest BCUT2D eigenvalue weighted by Crippen LogP contribution is -2.11. The van der Waals surface area contributed by atoms with Crippen LogP contribution in [0.15, 0.2) is 209 Å². The first kappa shape index (κ1) is 31.2. The van der Waals surface area contributed by atoms with Gasteiger partial charge >= 0.3 is 0 Å². The molecule has 11 rings (SSSR count). The lowest BCUT2D eigenvalue weighted by atomic mass is 9.96. The predicted octanol–water partition coefficient (Wildman–Crippen LogP) is 15.1. The van der Waals surface area contributed by atoms with Crippen molar-refractivity contribution in [3.05, 3.63) is 200 Å². The second-order valence-electron chi connectivity index (χ2n) is 14.1. The Bertz CT molecular complexity index is 3220. The first-order valence-electron chi connectivity index (χ1n) is 18.7. The molecule has 258 valence electrons. The number of nitrogens with zero attached hydrogens (tertiary/aromatic N) is 1. The fourth-order valence-corrected chi connectivity index (χ4v) is 8.28. The van der Waals surface area contributed by atoms with Crippen molar-refractivity contribution in [1.82, 2.24) is 0 Å². The Morgan fingerprint density at radius 1 is 0.309 bits per heavy atom. The summed E-state index contributed by atoms with van der Waals surface area (Å²) in [7, 11) is 0. The summed E-state index contributed by atoms with van der Waals surface area (Å²) in [5.41, 5.74) is 13.4. The smallest absolute Gasteiger partial charge is 0.143 e. The van der Waals surface area contributed by atoms with Gasteiger partial charge in [-0.15, -0.1) is 0 Å². The highest BCUT2D eigenvalue weighted by Crippen LogP contribution is 2.46. The molecule has 9 aromatic carbocycles. The van der Waals surface area contributed by atoms with Gasteiger partial charge in [-0.05, 0) is 75.5 Å². The summed E-state index contributed by atoms with van der Waals surface area (Å²) < 4.78 is 13.0. The Hall–Kier alpha value is -7.36. The van der Waals surface area contributed by atoms with E-state index < -0.39 is 0 Å². The molecule has 0 atom stereocenters. The minimum Gasteiger partial charge on any atom is -0.456 e. The molecule has 3 heteroatoms. The summed E-state index contributed by atoms with van der Waals surface area (Å²) in [5, 5.41) is 6.93. The van der Waals surface area contributed by atoms with Crippen LogP contribution in [0.25, 0.3) is 88.0 Å². The van der Waals surface area contributed by atoms with Crippen LogP contribution in [-0.4, -0.2) is 0 Å². The Labute approximate surface area is 317 Å². The van der Waals surface area contributed by atoms with Gasteiger partial charge in [0.15, 0.2) is 0 Å². The highest BCUT2D eigenvalue weighted by Gasteiger charge is 2.22. The number of hydrogen-bond acceptors (Lipinski definition) is 3. The van der Waals surface area contributed by atoms with Crippen LogP contribution in [0, 0.1) is 0 Å². The van der Waals surface area contributed by atoms with Crippen molar-refractivity contribution in [1.29, 1.82) is 0 Å². The largest absolute Gasteiger partial charge is 0.456 e. The van der Waals surface area contributed by atoms with E-state index in [1.165, 1.54) is 21.9 Å². The van der Waals surface area contributed by atoms with E-state index in [1.807, 2.05) is 24.3 Å². The average Bonchev–Trinajstić information content (AvgIpc) is 3.82. The molecule has 0 aliphatic heterocycles. The summed E-state index contributed by atoms with van der Waals surface area (Å²) in [6.45, 7) is 0. The van der Waals surface area contributed by atoms with Crippen molar-refractivity contribution >= 4 is 71.7 Å². The fraction of sp³-hybridized carbons (Fsp3) is 0. The summed E-state index contributed by atoms with van der Waals surface area (Å²) in [5.74, 6) is 0. The van der Waals surface area contributed by atoms with E-state index in [9.17, 15) is 0 Å². The van der Waals surface area contributed by atoms with Gasteiger partial charge in [0.05, 0.1) is 5.69 Å². The molecule has 2 aromatic heterocycles. The molecule has 55 heavy (non-hydrogen) atoms. The zero-order chi connectivity index (χ0) is 36.3. The van der Waals surface area contributed by atoms with Crippen LogP contribution < -0.4 is 4.90 Å². The Morgan fingerprint density at radius 2 is 0.891 bits per heavy atom. The van der Waals surface area contributed by atoms with Gasteiger partial charge in [-0.2, -0.15) is 0 Å². The van der Waals surface area contributed by atoms with E-state index in [0.717, 1.165) is 83.2 Å². The topological polar surface area (TPSA) is 29.5 Å². The van der Waals surface area contributed by atoms with Gasteiger partial charge in [0, 0.05) is 50.1 Å². The molecule has 0 saturated heterocycles. The number of fused-ring (bicyclic) bond motifs is 7. The molecular formula is C52H33NO2. The summed E-state index contributed by atoms with van der Waals surface area (Å²) >= 11 is 0. The van der Waals surface area contributed by atoms with Crippen LogP contribution in [0.5, 0.6) is 0 Å². The second-order valence-corrected chi connectivity index (χ2v) is 14.1. The highest BCUT2D eigenvalue weighted by molar-refractivity contribution is 6.11. The Balaban J connectivity index is 1.08. The maximum absolute atomic E-state index is 6.58. The lowest BCUT2D eigenvalue weighted by Gasteiger charge is -2.28. The molecule has 0 fully saturated rings. The van der Waals surface area contributed by atoms with Crippen molar-refractivity contribution in [2.75, 3.05) is 4.90 Å². The van der Waals surface area contributed by atoms with Crippen LogP contribution in [0.4, 0.5) is 17.1 Å². The number of rotatable bonds is 6. The summed E-state index contributed by atoms with van der Waals surface area (Å²) in [4.78, 5) is 2.34. The predicted molar refractivity (Wildman–Crippen MR) is 229 cm³/mol. The van der Waals surface area contributed by atoms with Gasteiger partial charge in [0.25, 0.3) is 0 Å². The minimum atomic E-state index is 0.848. The van der Waals surface area contributed by atoms with Gasteiger partial charge in [-0.3, -0.25) is 0 Å². The van der Waals surface area contributed by atoms with Crippen LogP contribution in [0.1, 0.15) is 0 Å². The van der Waals surface area contributed by atoms with Crippen LogP contribution in [0.3, 0.4) is 0 Å². The molecule has 0 bridgehead atoms. The van der Waals surface area contributed by atoms with Crippen molar-refractivity contribution < 1.29 is 8.83 Å². The third kappa shape index (κ3) is 5.20. The number of benzene rings is 9. The van der Waals surface area contributed by atoms with E-state index >= 15 is 0 Å². The molecule has 0 N–H and O–H groups in total. The third-order valence-corrected chi connectivity index (χ3v) is 10.9. The number of anilines is 3. The third-order valence-electron chi connectivity index (χ3n) is 10.9. The number of furan rings is 2. The molecule has 0 amide bonds. The van der Waals surface area contributed by atoms with Gasteiger partial charge < -0.3 is 13.7 Å². The first-order chi connectivity index (χ1) is 27.3. The van der Waals surface area contributed by atoms with E-state index in [0.29, 0.717) is 0 Å². The zero-order valence-electron chi connectivity index (χ0n) is 29.8. The van der Waals surface area contributed by atoms with Gasteiger partial charge in [-0.1, -0.05) is 152 Å². The minimum absolute atomic E-state index is 0.848. The molecule has 0 spiro atoms. The van der Waals surface area contributed by atoms with E-state index in [1.54, 1.807) is 0 Å². The standard InChI is InChI=1S/C52H33NO2/c1-2-16-40-35(12-1)13-10-20-41(40)36-28-26-34(27-29-36)37-14-9-15-38(32-37)53(39-30-31-45-43-18-4-7-24-49(43)54-51(45)33-39)48-23-6-3-17-42(48)46-21-11-22-47-44-19-5-8-25-50(44)55-52(46)47/h1-33H. The number of hydrogen-bond donors (Lipinski definition) is 0. The molecule has 11 aromatic rings. The molecule has 0 unspecified atom stereocenters. The molecule has 3 nitrogen and oxygen atoms in total. The van der Waals surface area contributed by atoms with Crippen molar-refractivity contribution in [2.24, 2.45) is 0 Å². The van der Waals surface area contributed by atoms with E-state index in [-0.39, 0.29) is 0 Å². The van der Waals surface area contributed by atoms with Gasteiger partial charge in [0.1, 0.15) is 22.3 Å². The Kier molecular flexibility index (Phi) is 7.17. The Morgan fingerprint density at radius 3 is 1.76 bits per heavy atom. The molecular weight excluding hydrogens is 671 g/mol. The van der Waals surface area contributed by atoms with Gasteiger partial charge in [0.2, 0.25) is 0 Å². The zero-order valence-corrected chi connectivity index (χ0v) is 29.8. The van der Waals surface area contributed by atoms with Crippen LogP contribution in [0.2, 0.25) is 0 Å². The highest BCUT2D eigenvalue weighted by atomic mass is 16.3. The van der Waals surface area contributed by atoms with Crippen molar-refractivity contribution in [3.63, 3.8) is 0 Å². The summed E-state index contributed by atoms with van der Waals surface area (Å²) in [6, 6.07) is 71.0. The normalized spacial score (nSPS) is 11.6. The maximum atomic E-state index is 6.58. The lowest BCUT2D eigenvalue weighted by molar-refractivity contribution is 0.669. The second kappa shape index (κ2) is 12.6. The quantitative estimate of drug-likeness (QED) is 0.173. The van der Waals surface area contributed by atoms with Crippen LogP contribution >= 0.6 is 0 Å². The van der Waals surface area contributed by atoms with E-state index in [4.69, 9.17) is 8.83 Å². The number of para-hydroxylation sites is 4. The average molecular weight is 704 g/mol. The first-order valence-corrected chi connectivity index (χ1v) is 18.7. The molecule has 0 aliphatic carbocycles. The van der Waals surface area contributed by atoms with Crippen molar-refractivity contribution in [3.8, 4) is 33.4 Å². The van der Waals surface area contributed by atoms with E-state index in [2.05, 4.69) is 181 Å². The monoisotopic (exact) mass is 703 g/mol. The SMILES string of the molecule is c1cc(-c2ccc(-c3cccc4ccccc34)cc2)cc(N(c2ccc3c(c2)oc2ccccc23)c2ccccc2-c2cccc3c2oc2ccccc23)c1. The molecule has 2 heterocycles. The fourth-order valence-electron chi connectivity index (χ4n) is 8.28. The molecule has 0 aliphatic rings. The molecule has 0 radical (unpaired) electrons. The molecule has 0 saturated carbocycles. The van der Waals surface area contributed by atoms with Gasteiger partial charge in [-0.25, -0.2) is 0 Å². The van der Waals surface area contributed by atoms with Crippen molar-refractivity contribution in [2.45, 2.75) is 0 Å². The summed E-state index contributed by atoms with van der Waals surface area (Å²) in [6.07, 6.45) is 0. The maximum Gasteiger partial charge on any atom is 0.143 e. The van der Waals surface area contributed by atoms with Crippen LogP contribution in [-0.2, 0) is 0 Å².